The molecule has 14 nitrogen and oxygen atoms in total. The van der Waals surface area contributed by atoms with E-state index in [1.807, 2.05) is 62.4 Å². The van der Waals surface area contributed by atoms with Crippen LogP contribution in [0.5, 0.6) is 23.0 Å². The quantitative estimate of drug-likeness (QED) is 0.0555. The average Bonchev–Trinajstić information content (AvgIpc) is 4.46. The van der Waals surface area contributed by atoms with Crippen LogP contribution in [0.3, 0.4) is 0 Å². The van der Waals surface area contributed by atoms with Gasteiger partial charge in [-0.05, 0) is 123 Å². The minimum atomic E-state index is -0.779. The fourth-order valence-electron chi connectivity index (χ4n) is 10.3. The molecule has 4 aromatic carbocycles. The number of cyclic esters (lactones) is 2. The fourth-order valence-corrected chi connectivity index (χ4v) is 10.8. The first-order valence-electron chi connectivity index (χ1n) is 26.6. The van der Waals surface area contributed by atoms with Gasteiger partial charge in [-0.3, -0.25) is 29.4 Å². The summed E-state index contributed by atoms with van der Waals surface area (Å²) in [6.07, 6.45) is 12.0. The van der Waals surface area contributed by atoms with Crippen molar-refractivity contribution in [1.82, 2.24) is 19.8 Å². The van der Waals surface area contributed by atoms with Crippen LogP contribution in [-0.4, -0.2) is 69.1 Å². The number of pyridine rings is 2. The first kappa shape index (κ1) is 54.2. The second kappa shape index (κ2) is 23.4. The van der Waals surface area contributed by atoms with Gasteiger partial charge in [-0.1, -0.05) is 59.6 Å². The number of carbonyl (C=O) groups excluding carboxylic acids is 2. The predicted molar refractivity (Wildman–Crippen MR) is 294 cm³/mol. The monoisotopic (exact) mass is 1090 g/mol. The molecule has 10 rings (SSSR count). The maximum atomic E-state index is 13.2. The molecule has 16 heteroatoms. The van der Waals surface area contributed by atoms with E-state index in [1.54, 1.807) is 24.5 Å². The van der Waals surface area contributed by atoms with Gasteiger partial charge in [0, 0.05) is 98.2 Å². The van der Waals surface area contributed by atoms with Crippen molar-refractivity contribution in [3.63, 3.8) is 0 Å². The summed E-state index contributed by atoms with van der Waals surface area (Å²) in [7, 11) is 0. The number of hydrogen-bond acceptors (Lipinski definition) is 14. The highest BCUT2D eigenvalue weighted by Gasteiger charge is 2.48. The van der Waals surface area contributed by atoms with Gasteiger partial charge in [0.2, 0.25) is 0 Å². The normalized spacial score (nSPS) is 18.8. The van der Waals surface area contributed by atoms with Crippen molar-refractivity contribution in [2.75, 3.05) is 26.3 Å². The molecule has 4 heterocycles. The molecule has 2 aliphatic heterocycles. The zero-order valence-electron chi connectivity index (χ0n) is 44.4. The van der Waals surface area contributed by atoms with E-state index >= 15 is 0 Å². The number of nitrogens with zero attached hydrogens (tertiary/aromatic N) is 6. The van der Waals surface area contributed by atoms with Crippen molar-refractivity contribution < 1.29 is 38.0 Å². The van der Waals surface area contributed by atoms with E-state index in [1.165, 1.54) is 12.4 Å². The number of esters is 2. The Morgan fingerprint density at radius 2 is 0.987 bits per heavy atom. The lowest BCUT2D eigenvalue weighted by Gasteiger charge is -2.35. The van der Waals surface area contributed by atoms with E-state index in [2.05, 4.69) is 57.9 Å². The molecule has 2 unspecified atom stereocenters. The van der Waals surface area contributed by atoms with Crippen molar-refractivity contribution in [2.45, 2.75) is 117 Å². The van der Waals surface area contributed by atoms with Crippen molar-refractivity contribution in [3.05, 3.63) is 163 Å². The highest BCUT2D eigenvalue weighted by atomic mass is 35.5. The van der Waals surface area contributed by atoms with Crippen LogP contribution in [0.4, 0.5) is 0 Å². The van der Waals surface area contributed by atoms with Crippen molar-refractivity contribution in [1.29, 1.82) is 10.5 Å². The molecule has 6 aromatic rings. The molecule has 402 valence electrons. The molecular weight excluding hydrogens is 1030 g/mol. The summed E-state index contributed by atoms with van der Waals surface area (Å²) in [6, 6.07) is 27.5. The molecule has 2 saturated heterocycles. The molecule has 0 bridgehead atoms. The van der Waals surface area contributed by atoms with Gasteiger partial charge in [-0.25, -0.2) is 0 Å². The van der Waals surface area contributed by atoms with Crippen molar-refractivity contribution in [3.8, 4) is 46.3 Å². The van der Waals surface area contributed by atoms with E-state index in [0.29, 0.717) is 95.2 Å². The van der Waals surface area contributed by atoms with E-state index in [-0.39, 0.29) is 38.4 Å². The largest absolute Gasteiger partial charge is 0.488 e. The van der Waals surface area contributed by atoms with Gasteiger partial charge in [0.05, 0.1) is 34.4 Å². The maximum absolute atomic E-state index is 13.2. The summed E-state index contributed by atoms with van der Waals surface area (Å²) in [5, 5.41) is 19.9. The number of carbonyl (C=O) groups is 2. The molecule has 78 heavy (non-hydrogen) atoms. The van der Waals surface area contributed by atoms with E-state index < -0.39 is 11.1 Å². The second-order valence-electron chi connectivity index (χ2n) is 21.5. The Kier molecular flexibility index (Phi) is 16.3. The van der Waals surface area contributed by atoms with Crippen molar-refractivity contribution >= 4 is 35.1 Å². The van der Waals surface area contributed by atoms with Gasteiger partial charge in [0.1, 0.15) is 72.6 Å². The molecule has 4 fully saturated rings. The molecule has 0 N–H and O–H groups in total. The lowest BCUT2D eigenvalue weighted by atomic mass is 9.92. The van der Waals surface area contributed by atoms with Gasteiger partial charge >= 0.3 is 11.9 Å². The predicted octanol–water partition coefficient (Wildman–Crippen LogP) is 12.0. The summed E-state index contributed by atoms with van der Waals surface area (Å²) in [5.41, 5.74) is 8.43. The van der Waals surface area contributed by atoms with Crippen LogP contribution in [0.1, 0.15) is 108 Å². The fraction of sp³-hybridized carbons (Fsp3) is 0.387. The number of aromatic nitrogens is 2. The van der Waals surface area contributed by atoms with Gasteiger partial charge in [-0.2, -0.15) is 10.5 Å². The van der Waals surface area contributed by atoms with Crippen LogP contribution in [-0.2, 0) is 58.6 Å². The average molecular weight is 1090 g/mol. The van der Waals surface area contributed by atoms with E-state index in [9.17, 15) is 20.1 Å². The third kappa shape index (κ3) is 12.2. The lowest BCUT2D eigenvalue weighted by Crippen LogP contribution is -2.50. The Balaban J connectivity index is 0.878. The summed E-state index contributed by atoms with van der Waals surface area (Å²) >= 11 is 14.2. The Hall–Kier alpha value is -7.20. The van der Waals surface area contributed by atoms with Crippen LogP contribution in [0.15, 0.2) is 97.6 Å². The molecule has 2 saturated carbocycles. The number of hydrogen-bond donors (Lipinski definition) is 0. The Morgan fingerprint density at radius 3 is 1.36 bits per heavy atom. The molecule has 2 aromatic heterocycles. The molecule has 2 aliphatic carbocycles. The van der Waals surface area contributed by atoms with Crippen LogP contribution >= 0.6 is 23.2 Å². The highest BCUT2D eigenvalue weighted by molar-refractivity contribution is 6.32. The number of rotatable bonds is 23. The number of ether oxygens (including phenoxy) is 6. The van der Waals surface area contributed by atoms with Gasteiger partial charge in [-0.15, -0.1) is 0 Å². The maximum Gasteiger partial charge on any atom is 0.326 e. The standard InChI is InChI=1S/C62H62Cl2N6O8/c1-39-47(37-77-57-23-55(75-35-45-19-43(25-65)27-67-29-45)49(21-53(57)63)33-69(31-41-11-12-41)61(3)15-17-73-59(61)71)7-5-9-51(39)52-10-6-8-48(40(52)2)38-78-58-24-56(76-36-46-20-44(26-66)28-68-30-46)50(22-54(58)64)34-70(32-42-13-14-42)62(4)16-18-74-60(62)72/h5-10,19-24,27-30,41-42H,11-18,31-38H2,1-4H3. The van der Waals surface area contributed by atoms with Crippen LogP contribution in [0.2, 0.25) is 10.0 Å². The minimum absolute atomic E-state index is 0.148. The van der Waals surface area contributed by atoms with Crippen LogP contribution in [0.25, 0.3) is 11.1 Å². The second-order valence-corrected chi connectivity index (χ2v) is 22.3. The summed E-state index contributed by atoms with van der Waals surface area (Å²) in [5.74, 6) is 2.54. The van der Waals surface area contributed by atoms with Gasteiger partial charge in [0.15, 0.2) is 0 Å². The van der Waals surface area contributed by atoms with Gasteiger partial charge < -0.3 is 28.4 Å². The Morgan fingerprint density at radius 1 is 0.577 bits per heavy atom. The number of nitriles is 2. The third-order valence-electron chi connectivity index (χ3n) is 15.8. The highest BCUT2D eigenvalue weighted by Crippen LogP contribution is 2.43. The zero-order valence-corrected chi connectivity index (χ0v) is 45.9. The molecular formula is C62H62Cl2N6O8. The summed E-state index contributed by atoms with van der Waals surface area (Å²) < 4.78 is 37.1. The van der Waals surface area contributed by atoms with Crippen LogP contribution < -0.4 is 18.9 Å². The van der Waals surface area contributed by atoms with E-state index in [0.717, 1.165) is 94.4 Å². The lowest BCUT2D eigenvalue weighted by molar-refractivity contribution is -0.148. The summed E-state index contributed by atoms with van der Waals surface area (Å²) in [6.45, 7) is 11.9. The smallest absolute Gasteiger partial charge is 0.326 e. The molecule has 4 aliphatic rings. The number of benzene rings is 4. The van der Waals surface area contributed by atoms with Gasteiger partial charge in [0.25, 0.3) is 0 Å². The molecule has 0 spiro atoms. The third-order valence-corrected chi connectivity index (χ3v) is 16.4. The molecule has 0 amide bonds. The number of halogens is 2. The molecule has 0 radical (unpaired) electrons. The minimum Gasteiger partial charge on any atom is -0.488 e. The Bertz CT molecular complexity index is 3110. The van der Waals surface area contributed by atoms with E-state index in [4.69, 9.17) is 51.6 Å². The molecule has 2 atom stereocenters. The first-order valence-corrected chi connectivity index (χ1v) is 27.3. The summed E-state index contributed by atoms with van der Waals surface area (Å²) in [4.78, 5) is 39.2. The van der Waals surface area contributed by atoms with Crippen LogP contribution in [0, 0.1) is 48.3 Å². The SMILES string of the molecule is Cc1c(COc2cc(OCc3cncc(C#N)c3)c(CN(CC3CC3)C3(C)CCOC3=O)cc2Cl)cccc1-c1cccc(COc2cc(OCc3cncc(C#N)c3)c(CN(CC3CC3)C3(C)CCOC3=O)cc2Cl)c1C. The Labute approximate surface area is 465 Å². The topological polar surface area (TPSA) is 169 Å². The first-order chi connectivity index (χ1) is 37.7. The zero-order chi connectivity index (χ0) is 54.6. The van der Waals surface area contributed by atoms with Crippen molar-refractivity contribution in [2.24, 2.45) is 11.8 Å².